The molecule has 0 aliphatic heterocycles. The first-order chi connectivity index (χ1) is 8.15. The van der Waals surface area contributed by atoms with Gasteiger partial charge in [-0.25, -0.2) is 4.98 Å². The molecule has 0 unspecified atom stereocenters. The molecule has 5 heteroatoms. The van der Waals surface area contributed by atoms with E-state index in [0.717, 1.165) is 10.0 Å². The summed E-state index contributed by atoms with van der Waals surface area (Å²) in [6.07, 6.45) is 1.69. The van der Waals surface area contributed by atoms with E-state index in [1.807, 2.05) is 12.1 Å². The lowest BCUT2D eigenvalue weighted by atomic mass is 10.2. The third kappa shape index (κ3) is 3.35. The van der Waals surface area contributed by atoms with E-state index in [-0.39, 0.29) is 5.75 Å². The summed E-state index contributed by atoms with van der Waals surface area (Å²) in [7, 11) is 0. The molecule has 0 fully saturated rings. The van der Waals surface area contributed by atoms with Gasteiger partial charge in [0.15, 0.2) is 0 Å². The Balaban J connectivity index is 2.04. The lowest BCUT2D eigenvalue weighted by Crippen LogP contribution is -2.01. The predicted molar refractivity (Wildman–Crippen MR) is 72.4 cm³/mol. The van der Waals surface area contributed by atoms with Crippen molar-refractivity contribution in [1.29, 1.82) is 0 Å². The molecule has 0 bridgehead atoms. The van der Waals surface area contributed by atoms with Gasteiger partial charge in [-0.1, -0.05) is 23.7 Å². The number of hydrogen-bond acceptors (Lipinski definition) is 3. The number of nitrogens with zero attached hydrogens (tertiary/aromatic N) is 1. The minimum absolute atomic E-state index is 0.258. The third-order valence-corrected chi connectivity index (χ3v) is 2.93. The molecule has 2 aromatic rings. The molecule has 2 rings (SSSR count). The van der Waals surface area contributed by atoms with Crippen LogP contribution in [0.1, 0.15) is 5.56 Å². The normalized spacial score (nSPS) is 10.2. The molecule has 3 nitrogen and oxygen atoms in total. The molecule has 0 radical (unpaired) electrons. The molecule has 0 aliphatic rings. The third-order valence-electron chi connectivity index (χ3n) is 2.20. The topological polar surface area (TPSA) is 45.1 Å². The molecule has 17 heavy (non-hydrogen) atoms. The Bertz CT molecular complexity index is 516. The van der Waals surface area contributed by atoms with E-state index in [9.17, 15) is 0 Å². The lowest BCUT2D eigenvalue weighted by Gasteiger charge is -2.07. The van der Waals surface area contributed by atoms with Crippen molar-refractivity contribution in [3.63, 3.8) is 0 Å². The molecule has 1 heterocycles. The minimum atomic E-state index is 0.258. The van der Waals surface area contributed by atoms with Gasteiger partial charge in [0.05, 0.1) is 5.02 Å². The molecule has 0 saturated heterocycles. The van der Waals surface area contributed by atoms with Crippen LogP contribution in [-0.2, 0) is 6.54 Å². The second-order valence-corrected chi connectivity index (χ2v) is 4.83. The molecule has 1 aromatic heterocycles. The van der Waals surface area contributed by atoms with Gasteiger partial charge in [-0.2, -0.15) is 0 Å². The van der Waals surface area contributed by atoms with E-state index in [1.165, 1.54) is 0 Å². The van der Waals surface area contributed by atoms with Gasteiger partial charge in [0, 0.05) is 17.2 Å². The zero-order valence-corrected chi connectivity index (χ0v) is 11.2. The number of anilines is 1. The number of halogens is 2. The van der Waals surface area contributed by atoms with Crippen LogP contribution in [0, 0.1) is 0 Å². The van der Waals surface area contributed by atoms with Crippen LogP contribution in [0.25, 0.3) is 0 Å². The first kappa shape index (κ1) is 12.2. The summed E-state index contributed by atoms with van der Waals surface area (Å²) < 4.78 is 0.845. The van der Waals surface area contributed by atoms with Crippen LogP contribution in [0.4, 0.5) is 5.82 Å². The highest BCUT2D eigenvalue weighted by Crippen LogP contribution is 2.23. The molecular weight excluding hydrogens is 304 g/mol. The Labute approximate surface area is 113 Å². The molecule has 0 atom stereocenters. The van der Waals surface area contributed by atoms with E-state index in [4.69, 9.17) is 16.7 Å². The molecule has 0 spiro atoms. The first-order valence-corrected chi connectivity index (χ1v) is 6.15. The summed E-state index contributed by atoms with van der Waals surface area (Å²) in [5.74, 6) is 0.900. The van der Waals surface area contributed by atoms with Gasteiger partial charge >= 0.3 is 0 Å². The van der Waals surface area contributed by atoms with Crippen molar-refractivity contribution in [1.82, 2.24) is 4.98 Å². The van der Waals surface area contributed by atoms with Crippen molar-refractivity contribution >= 4 is 33.3 Å². The molecule has 88 valence electrons. The van der Waals surface area contributed by atoms with Gasteiger partial charge in [-0.15, -0.1) is 0 Å². The summed E-state index contributed by atoms with van der Waals surface area (Å²) in [4.78, 5) is 4.17. The fourth-order valence-electron chi connectivity index (χ4n) is 1.34. The van der Waals surface area contributed by atoms with Crippen LogP contribution in [0.2, 0.25) is 5.02 Å². The Hall–Kier alpha value is -1.26. The van der Waals surface area contributed by atoms with Gasteiger partial charge in [0.25, 0.3) is 0 Å². The van der Waals surface area contributed by atoms with Crippen molar-refractivity contribution in [3.05, 3.63) is 51.6 Å². The maximum atomic E-state index is 9.16. The second kappa shape index (κ2) is 5.38. The van der Waals surface area contributed by atoms with E-state index >= 15 is 0 Å². The number of benzene rings is 1. The van der Waals surface area contributed by atoms with Crippen molar-refractivity contribution in [2.45, 2.75) is 6.54 Å². The van der Waals surface area contributed by atoms with Crippen LogP contribution in [-0.4, -0.2) is 10.1 Å². The van der Waals surface area contributed by atoms with E-state index in [1.54, 1.807) is 24.4 Å². The highest BCUT2D eigenvalue weighted by atomic mass is 79.9. The predicted octanol–water partition coefficient (Wildman–Crippen LogP) is 3.82. The van der Waals surface area contributed by atoms with Crippen molar-refractivity contribution in [2.75, 3.05) is 5.32 Å². The highest BCUT2D eigenvalue weighted by Gasteiger charge is 2.02. The van der Waals surface area contributed by atoms with E-state index in [0.29, 0.717) is 17.4 Å². The number of aromatic hydroxyl groups is 1. The number of rotatable bonds is 3. The van der Waals surface area contributed by atoms with Crippen LogP contribution in [0.3, 0.4) is 0 Å². The molecule has 2 N–H and O–H groups in total. The standard InChI is InChI=1S/C12H10BrClN2O/c13-9-5-11(14)12(16-7-9)15-6-8-1-3-10(17)4-2-8/h1-5,7,17H,6H2,(H,15,16). The quantitative estimate of drug-likeness (QED) is 0.905. The van der Waals surface area contributed by atoms with Crippen LogP contribution in [0.5, 0.6) is 5.75 Å². The molecule has 0 amide bonds. The Morgan fingerprint density at radius 3 is 2.65 bits per heavy atom. The average molecular weight is 314 g/mol. The summed E-state index contributed by atoms with van der Waals surface area (Å²) >= 11 is 9.32. The van der Waals surface area contributed by atoms with Gasteiger partial charge in [-0.05, 0) is 39.7 Å². The average Bonchev–Trinajstić information content (AvgIpc) is 2.30. The zero-order chi connectivity index (χ0) is 12.3. The van der Waals surface area contributed by atoms with Gasteiger partial charge in [0.1, 0.15) is 11.6 Å². The SMILES string of the molecule is Oc1ccc(CNc2ncc(Br)cc2Cl)cc1. The summed E-state index contributed by atoms with van der Waals surface area (Å²) in [6, 6.07) is 8.76. The molecular formula is C12H10BrClN2O. The van der Waals surface area contributed by atoms with Crippen molar-refractivity contribution < 1.29 is 5.11 Å². The van der Waals surface area contributed by atoms with E-state index in [2.05, 4.69) is 26.2 Å². The van der Waals surface area contributed by atoms with Gasteiger partial charge in [-0.3, -0.25) is 0 Å². The monoisotopic (exact) mass is 312 g/mol. The second-order valence-electron chi connectivity index (χ2n) is 3.50. The fourth-order valence-corrected chi connectivity index (χ4v) is 2.04. The number of nitrogens with one attached hydrogen (secondary N) is 1. The zero-order valence-electron chi connectivity index (χ0n) is 8.82. The molecule has 1 aromatic carbocycles. The number of phenolic OH excluding ortho intramolecular Hbond substituents is 1. The maximum absolute atomic E-state index is 9.16. The summed E-state index contributed by atoms with van der Waals surface area (Å²) in [5, 5.41) is 12.9. The maximum Gasteiger partial charge on any atom is 0.145 e. The summed E-state index contributed by atoms with van der Waals surface area (Å²) in [5.41, 5.74) is 1.04. The van der Waals surface area contributed by atoms with E-state index < -0.39 is 0 Å². The van der Waals surface area contributed by atoms with Crippen LogP contribution >= 0.6 is 27.5 Å². The lowest BCUT2D eigenvalue weighted by molar-refractivity contribution is 0.475. The smallest absolute Gasteiger partial charge is 0.145 e. The number of pyridine rings is 1. The Morgan fingerprint density at radius 2 is 2.00 bits per heavy atom. The molecule has 0 aliphatic carbocycles. The number of aromatic nitrogens is 1. The first-order valence-electron chi connectivity index (χ1n) is 4.98. The summed E-state index contributed by atoms with van der Waals surface area (Å²) in [6.45, 7) is 0.606. The minimum Gasteiger partial charge on any atom is -0.508 e. The van der Waals surface area contributed by atoms with Crippen LogP contribution in [0.15, 0.2) is 41.0 Å². The van der Waals surface area contributed by atoms with Crippen LogP contribution < -0.4 is 5.32 Å². The van der Waals surface area contributed by atoms with Gasteiger partial charge < -0.3 is 10.4 Å². The van der Waals surface area contributed by atoms with Crippen molar-refractivity contribution in [2.24, 2.45) is 0 Å². The Morgan fingerprint density at radius 1 is 1.29 bits per heavy atom. The molecule has 0 saturated carbocycles. The number of hydrogen-bond donors (Lipinski definition) is 2. The number of phenols is 1. The van der Waals surface area contributed by atoms with Crippen molar-refractivity contribution in [3.8, 4) is 5.75 Å². The highest BCUT2D eigenvalue weighted by molar-refractivity contribution is 9.10. The fraction of sp³-hybridized carbons (Fsp3) is 0.0833. The Kier molecular flexibility index (Phi) is 3.86. The van der Waals surface area contributed by atoms with Gasteiger partial charge in [0.2, 0.25) is 0 Å². The largest absolute Gasteiger partial charge is 0.508 e.